The molecular formula is C30H42N2O2. The molecule has 4 nitrogen and oxygen atoms in total. The predicted octanol–water partition coefficient (Wildman–Crippen LogP) is 8.07. The molecule has 0 radical (unpaired) electrons. The van der Waals surface area contributed by atoms with Gasteiger partial charge in [0.25, 0.3) is 0 Å². The highest BCUT2D eigenvalue weighted by Crippen LogP contribution is 2.34. The second-order valence-electron chi connectivity index (χ2n) is 9.32. The molecular weight excluding hydrogens is 420 g/mol. The largest absolute Gasteiger partial charge is 0.494 e. The molecule has 3 rings (SSSR count). The van der Waals surface area contributed by atoms with Crippen molar-refractivity contribution in [3.8, 4) is 5.75 Å². The fourth-order valence-electron chi connectivity index (χ4n) is 4.53. The minimum atomic E-state index is -0.0568. The van der Waals surface area contributed by atoms with Gasteiger partial charge in [0.1, 0.15) is 5.75 Å². The van der Waals surface area contributed by atoms with Gasteiger partial charge in [-0.2, -0.15) is 5.10 Å². The maximum Gasteiger partial charge on any atom is 0.242 e. The lowest BCUT2D eigenvalue weighted by atomic mass is 9.98. The van der Waals surface area contributed by atoms with Crippen molar-refractivity contribution < 1.29 is 9.53 Å². The van der Waals surface area contributed by atoms with Crippen molar-refractivity contribution in [2.24, 2.45) is 5.10 Å². The number of unbranched alkanes of at least 4 members (excludes halogenated alkanes) is 9. The molecule has 1 aliphatic rings. The van der Waals surface area contributed by atoms with E-state index in [1.165, 1.54) is 57.8 Å². The Bertz CT molecular complexity index is 876. The van der Waals surface area contributed by atoms with E-state index < -0.39 is 0 Å². The zero-order chi connectivity index (χ0) is 24.0. The number of nitrogens with zero attached hydrogens (tertiary/aromatic N) is 2. The first-order valence-corrected chi connectivity index (χ1v) is 13.4. The van der Waals surface area contributed by atoms with Crippen LogP contribution in [0.1, 0.15) is 108 Å². The number of benzene rings is 2. The molecule has 0 aliphatic carbocycles. The third-order valence-corrected chi connectivity index (χ3v) is 6.61. The summed E-state index contributed by atoms with van der Waals surface area (Å²) in [7, 11) is 0. The number of carbonyl (C=O) groups excluding carboxylic acids is 1. The SMILES string of the molecule is CCCCCCCCCCCCOc1ccc(C2CC(c3ccccc3)=NN2C(=O)CC)cc1. The fraction of sp³-hybridized carbons (Fsp3) is 0.533. The maximum atomic E-state index is 12.6. The Balaban J connectivity index is 1.42. The van der Waals surface area contributed by atoms with Crippen LogP contribution in [0.5, 0.6) is 5.75 Å². The summed E-state index contributed by atoms with van der Waals surface area (Å²) in [6, 6.07) is 18.3. The van der Waals surface area contributed by atoms with E-state index in [0.29, 0.717) is 6.42 Å². The van der Waals surface area contributed by atoms with Gasteiger partial charge in [0.15, 0.2) is 0 Å². The zero-order valence-electron chi connectivity index (χ0n) is 21.2. The van der Waals surface area contributed by atoms with Gasteiger partial charge in [-0.15, -0.1) is 0 Å². The molecule has 1 heterocycles. The van der Waals surface area contributed by atoms with Crippen LogP contribution in [0, 0.1) is 0 Å². The lowest BCUT2D eigenvalue weighted by molar-refractivity contribution is -0.132. The summed E-state index contributed by atoms with van der Waals surface area (Å²) in [6.07, 6.45) is 14.5. The number of hydrogen-bond donors (Lipinski definition) is 0. The van der Waals surface area contributed by atoms with Crippen LogP contribution in [0.15, 0.2) is 59.7 Å². The van der Waals surface area contributed by atoms with Gasteiger partial charge in [-0.25, -0.2) is 5.01 Å². The van der Waals surface area contributed by atoms with Crippen LogP contribution >= 0.6 is 0 Å². The Labute approximate surface area is 206 Å². The van der Waals surface area contributed by atoms with Crippen molar-refractivity contribution in [3.05, 3.63) is 65.7 Å². The minimum Gasteiger partial charge on any atom is -0.494 e. The first-order valence-electron chi connectivity index (χ1n) is 13.4. The highest BCUT2D eigenvalue weighted by atomic mass is 16.5. The fourth-order valence-corrected chi connectivity index (χ4v) is 4.53. The van der Waals surface area contributed by atoms with E-state index in [9.17, 15) is 4.79 Å². The van der Waals surface area contributed by atoms with Gasteiger partial charge in [-0.3, -0.25) is 4.79 Å². The van der Waals surface area contributed by atoms with Crippen LogP contribution in [0.4, 0.5) is 0 Å². The van der Waals surface area contributed by atoms with Gasteiger partial charge in [-0.1, -0.05) is 114 Å². The second-order valence-corrected chi connectivity index (χ2v) is 9.32. The van der Waals surface area contributed by atoms with E-state index in [1.54, 1.807) is 5.01 Å². The number of carbonyl (C=O) groups is 1. The van der Waals surface area contributed by atoms with E-state index in [0.717, 1.165) is 42.0 Å². The number of rotatable bonds is 15. The van der Waals surface area contributed by atoms with Crippen LogP contribution in [0.25, 0.3) is 0 Å². The molecule has 184 valence electrons. The lowest BCUT2D eigenvalue weighted by Crippen LogP contribution is -2.26. The summed E-state index contributed by atoms with van der Waals surface area (Å²) in [6.45, 7) is 4.92. The Morgan fingerprint density at radius 1 is 0.853 bits per heavy atom. The van der Waals surface area contributed by atoms with E-state index in [4.69, 9.17) is 4.74 Å². The van der Waals surface area contributed by atoms with Crippen LogP contribution in [0.2, 0.25) is 0 Å². The summed E-state index contributed by atoms with van der Waals surface area (Å²) in [5.74, 6) is 0.951. The Morgan fingerprint density at radius 3 is 2.09 bits per heavy atom. The predicted molar refractivity (Wildman–Crippen MR) is 141 cm³/mol. The van der Waals surface area contributed by atoms with Crippen molar-refractivity contribution in [2.45, 2.75) is 96.9 Å². The van der Waals surface area contributed by atoms with Crippen molar-refractivity contribution in [1.29, 1.82) is 0 Å². The first-order chi connectivity index (χ1) is 16.7. The lowest BCUT2D eigenvalue weighted by Gasteiger charge is -2.21. The van der Waals surface area contributed by atoms with E-state index >= 15 is 0 Å². The van der Waals surface area contributed by atoms with Crippen LogP contribution in [-0.2, 0) is 4.79 Å². The highest BCUT2D eigenvalue weighted by molar-refractivity contribution is 6.03. The number of hydrazone groups is 1. The minimum absolute atomic E-state index is 0.0530. The Morgan fingerprint density at radius 2 is 1.47 bits per heavy atom. The Hall–Kier alpha value is -2.62. The molecule has 1 aliphatic heterocycles. The molecule has 1 amide bonds. The molecule has 0 aromatic heterocycles. The average molecular weight is 463 g/mol. The van der Waals surface area contributed by atoms with Gasteiger partial charge in [0, 0.05) is 12.8 Å². The molecule has 4 heteroatoms. The van der Waals surface area contributed by atoms with Gasteiger partial charge in [0.05, 0.1) is 18.4 Å². The monoisotopic (exact) mass is 462 g/mol. The summed E-state index contributed by atoms with van der Waals surface area (Å²) in [5.41, 5.74) is 3.15. The van der Waals surface area contributed by atoms with Crippen molar-refractivity contribution in [2.75, 3.05) is 6.61 Å². The summed E-state index contributed by atoms with van der Waals surface area (Å²) < 4.78 is 5.97. The van der Waals surface area contributed by atoms with Crippen LogP contribution < -0.4 is 4.74 Å². The smallest absolute Gasteiger partial charge is 0.242 e. The van der Waals surface area contributed by atoms with E-state index in [2.05, 4.69) is 36.3 Å². The van der Waals surface area contributed by atoms with Crippen molar-refractivity contribution in [1.82, 2.24) is 5.01 Å². The van der Waals surface area contributed by atoms with Gasteiger partial charge < -0.3 is 4.74 Å². The van der Waals surface area contributed by atoms with Crippen LogP contribution in [-0.4, -0.2) is 23.2 Å². The molecule has 34 heavy (non-hydrogen) atoms. The molecule has 1 atom stereocenters. The molecule has 2 aromatic rings. The standard InChI is InChI=1S/C30H42N2O2/c1-3-5-6-7-8-9-10-11-12-16-23-34-27-21-19-26(20-22-27)29-24-28(25-17-14-13-15-18-25)31-32(29)30(33)4-2/h13-15,17-22,29H,3-12,16,23-24H2,1-2H3. The molecule has 1 unspecified atom stereocenters. The second kappa shape index (κ2) is 14.6. The summed E-state index contributed by atoms with van der Waals surface area (Å²) >= 11 is 0. The third-order valence-electron chi connectivity index (χ3n) is 6.61. The van der Waals surface area contributed by atoms with Gasteiger partial charge >= 0.3 is 0 Å². The van der Waals surface area contributed by atoms with Gasteiger partial charge in [0.2, 0.25) is 5.91 Å². The average Bonchev–Trinajstić information content (AvgIpc) is 3.33. The van der Waals surface area contributed by atoms with E-state index in [-0.39, 0.29) is 11.9 Å². The topological polar surface area (TPSA) is 41.9 Å². The van der Waals surface area contributed by atoms with Gasteiger partial charge in [-0.05, 0) is 29.7 Å². The molecule has 0 saturated carbocycles. The normalized spacial score (nSPS) is 15.4. The third kappa shape index (κ3) is 8.00. The molecule has 0 spiro atoms. The zero-order valence-corrected chi connectivity index (χ0v) is 21.2. The quantitative estimate of drug-likeness (QED) is 0.251. The summed E-state index contributed by atoms with van der Waals surface area (Å²) in [4.78, 5) is 12.6. The number of amides is 1. The van der Waals surface area contributed by atoms with Crippen molar-refractivity contribution >= 4 is 11.6 Å². The molecule has 0 fully saturated rings. The summed E-state index contributed by atoms with van der Waals surface area (Å²) in [5, 5.41) is 6.36. The molecule has 0 N–H and O–H groups in total. The van der Waals surface area contributed by atoms with Crippen molar-refractivity contribution in [3.63, 3.8) is 0 Å². The number of hydrogen-bond acceptors (Lipinski definition) is 3. The molecule has 0 saturated heterocycles. The molecule has 2 aromatic carbocycles. The van der Waals surface area contributed by atoms with E-state index in [1.807, 2.05) is 37.3 Å². The number of ether oxygens (including phenoxy) is 1. The maximum absolute atomic E-state index is 12.6. The first kappa shape index (κ1) is 26.0. The highest BCUT2D eigenvalue weighted by Gasteiger charge is 2.32. The molecule has 0 bridgehead atoms. The van der Waals surface area contributed by atoms with Crippen LogP contribution in [0.3, 0.4) is 0 Å². The Kier molecular flexibility index (Phi) is 11.2.